The van der Waals surface area contributed by atoms with Gasteiger partial charge in [0.2, 0.25) is 23.6 Å². The predicted octanol–water partition coefficient (Wildman–Crippen LogP) is 2.12. The smallest absolute Gasteiger partial charge is 0.408 e. The summed E-state index contributed by atoms with van der Waals surface area (Å²) in [5, 5.41) is 7.58. The Bertz CT molecular complexity index is 918. The minimum absolute atomic E-state index is 0.00102. The van der Waals surface area contributed by atoms with E-state index in [1.165, 1.54) is 0 Å². The number of ether oxygens (including phenoxy) is 1. The van der Waals surface area contributed by atoms with Crippen molar-refractivity contribution < 1.29 is 28.7 Å². The molecule has 1 saturated heterocycles. The van der Waals surface area contributed by atoms with Crippen molar-refractivity contribution >= 4 is 29.7 Å². The van der Waals surface area contributed by atoms with E-state index in [-0.39, 0.29) is 37.3 Å². The fraction of sp³-hybridized carbons (Fsp3) is 0.577. The summed E-state index contributed by atoms with van der Waals surface area (Å²) in [4.78, 5) is 63.8. The number of hydrogen-bond donors (Lipinski definition) is 3. The first kappa shape index (κ1) is 28.8. The van der Waals surface area contributed by atoms with Crippen LogP contribution in [0.4, 0.5) is 4.79 Å². The van der Waals surface area contributed by atoms with E-state index in [0.717, 1.165) is 12.0 Å². The molecule has 0 bridgehead atoms. The second-order valence-electron chi connectivity index (χ2n) is 9.77. The number of benzene rings is 1. The lowest BCUT2D eigenvalue weighted by Crippen LogP contribution is -2.56. The maximum absolute atomic E-state index is 13.0. The Balaban J connectivity index is 1.92. The molecule has 0 saturated carbocycles. The fourth-order valence-corrected chi connectivity index (χ4v) is 3.85. The topological polar surface area (TPSA) is 134 Å². The third-order valence-electron chi connectivity index (χ3n) is 5.82. The van der Waals surface area contributed by atoms with Gasteiger partial charge in [0.05, 0.1) is 0 Å². The number of carbonyl (C=O) groups is 5. The molecule has 1 aliphatic rings. The normalized spacial score (nSPS) is 14.9. The number of nitrogens with zero attached hydrogens (tertiary/aromatic N) is 1. The summed E-state index contributed by atoms with van der Waals surface area (Å²) < 4.78 is 5.24. The van der Waals surface area contributed by atoms with Crippen molar-refractivity contribution in [1.29, 1.82) is 0 Å². The van der Waals surface area contributed by atoms with Gasteiger partial charge in [0.15, 0.2) is 0 Å². The Morgan fingerprint density at radius 1 is 1.00 bits per heavy atom. The van der Waals surface area contributed by atoms with Crippen LogP contribution in [0.15, 0.2) is 30.3 Å². The van der Waals surface area contributed by atoms with Gasteiger partial charge in [-0.1, -0.05) is 58.0 Å². The van der Waals surface area contributed by atoms with Gasteiger partial charge in [-0.15, -0.1) is 0 Å². The van der Waals surface area contributed by atoms with Crippen LogP contribution < -0.4 is 16.0 Å². The van der Waals surface area contributed by atoms with Crippen LogP contribution in [0.2, 0.25) is 0 Å². The third-order valence-corrected chi connectivity index (χ3v) is 5.82. The van der Waals surface area contributed by atoms with E-state index in [4.69, 9.17) is 4.74 Å². The Labute approximate surface area is 212 Å². The lowest BCUT2D eigenvalue weighted by atomic mass is 10.00. The molecule has 1 aromatic rings. The molecule has 5 amide bonds. The summed E-state index contributed by atoms with van der Waals surface area (Å²) in [6.45, 7) is 8.24. The lowest BCUT2D eigenvalue weighted by molar-refractivity contribution is -0.135. The predicted molar refractivity (Wildman–Crippen MR) is 133 cm³/mol. The highest BCUT2D eigenvalue weighted by Crippen LogP contribution is 2.11. The summed E-state index contributed by atoms with van der Waals surface area (Å²) in [5.41, 5.74) is 0.813. The second kappa shape index (κ2) is 14.2. The van der Waals surface area contributed by atoms with Gasteiger partial charge in [-0.3, -0.25) is 24.5 Å². The van der Waals surface area contributed by atoms with Crippen LogP contribution in [0.1, 0.15) is 58.9 Å². The highest BCUT2D eigenvalue weighted by atomic mass is 16.5. The molecule has 0 aliphatic carbocycles. The fourth-order valence-electron chi connectivity index (χ4n) is 3.85. The van der Waals surface area contributed by atoms with Crippen LogP contribution in [-0.4, -0.2) is 59.8 Å². The molecule has 1 aliphatic heterocycles. The molecule has 1 aromatic carbocycles. The molecule has 198 valence electrons. The number of nitrogens with one attached hydrogen (secondary N) is 3. The third kappa shape index (κ3) is 9.67. The minimum atomic E-state index is -0.980. The molecule has 36 heavy (non-hydrogen) atoms. The van der Waals surface area contributed by atoms with Gasteiger partial charge < -0.3 is 20.3 Å². The molecule has 1 heterocycles. The van der Waals surface area contributed by atoms with Crippen LogP contribution >= 0.6 is 0 Å². The number of amides is 5. The number of imide groups is 1. The largest absolute Gasteiger partial charge is 0.445 e. The Hall–Kier alpha value is -3.43. The van der Waals surface area contributed by atoms with Crippen molar-refractivity contribution in [2.75, 3.05) is 13.1 Å². The summed E-state index contributed by atoms with van der Waals surface area (Å²) in [5.74, 6) is -1.91. The lowest BCUT2D eigenvalue weighted by Gasteiger charge is -2.26. The number of hydrogen-bond acceptors (Lipinski definition) is 6. The van der Waals surface area contributed by atoms with Crippen molar-refractivity contribution in [1.82, 2.24) is 20.9 Å². The maximum Gasteiger partial charge on any atom is 0.408 e. The van der Waals surface area contributed by atoms with Crippen LogP contribution in [0, 0.1) is 11.8 Å². The number of rotatable bonds is 12. The Kier molecular flexibility index (Phi) is 11.4. The first-order valence-corrected chi connectivity index (χ1v) is 12.5. The van der Waals surface area contributed by atoms with Crippen molar-refractivity contribution in [2.45, 2.75) is 72.1 Å². The zero-order valence-electron chi connectivity index (χ0n) is 21.5. The average molecular weight is 503 g/mol. The van der Waals surface area contributed by atoms with E-state index in [9.17, 15) is 24.0 Å². The van der Waals surface area contributed by atoms with Crippen LogP contribution in [0.3, 0.4) is 0 Å². The zero-order valence-corrected chi connectivity index (χ0v) is 21.5. The van der Waals surface area contributed by atoms with Gasteiger partial charge in [0, 0.05) is 25.9 Å². The maximum atomic E-state index is 13.0. The first-order valence-electron chi connectivity index (χ1n) is 12.5. The van der Waals surface area contributed by atoms with E-state index in [0.29, 0.717) is 19.4 Å². The van der Waals surface area contributed by atoms with E-state index < -0.39 is 35.9 Å². The van der Waals surface area contributed by atoms with Gasteiger partial charge in [-0.25, -0.2) is 4.79 Å². The molecule has 1 fully saturated rings. The summed E-state index contributed by atoms with van der Waals surface area (Å²) in [6.07, 6.45) is 0.846. The van der Waals surface area contributed by atoms with Crippen molar-refractivity contribution in [3.8, 4) is 0 Å². The summed E-state index contributed by atoms with van der Waals surface area (Å²) >= 11 is 0. The molecule has 0 radical (unpaired) electrons. The Morgan fingerprint density at radius 3 is 2.28 bits per heavy atom. The molecule has 0 spiro atoms. The molecule has 10 nitrogen and oxygen atoms in total. The van der Waals surface area contributed by atoms with Crippen molar-refractivity contribution in [3.63, 3.8) is 0 Å². The molecule has 0 unspecified atom stereocenters. The van der Waals surface area contributed by atoms with Gasteiger partial charge in [0.1, 0.15) is 18.7 Å². The van der Waals surface area contributed by atoms with E-state index in [1.54, 1.807) is 18.7 Å². The highest BCUT2D eigenvalue weighted by molar-refractivity contribution is 6.00. The van der Waals surface area contributed by atoms with Crippen LogP contribution in [-0.2, 0) is 30.5 Å². The van der Waals surface area contributed by atoms with Crippen molar-refractivity contribution in [3.05, 3.63) is 35.9 Å². The van der Waals surface area contributed by atoms with Gasteiger partial charge in [-0.05, 0) is 30.2 Å². The summed E-state index contributed by atoms with van der Waals surface area (Å²) in [7, 11) is 0. The standard InChI is InChI=1S/C26H38N4O6/c1-17(2)15-20(27-26(35)36-16-19-9-6-5-7-10-19)24(33)29-23(18(3)4)25(34)28-21(31)12-14-30-13-8-11-22(30)32/h5-7,9-10,17-18,20,23H,8,11-16H2,1-4H3,(H,27,35)(H,29,33)(H,28,31,34)/t20-,23-/m0/s1. The van der Waals surface area contributed by atoms with E-state index in [1.807, 2.05) is 44.2 Å². The van der Waals surface area contributed by atoms with Gasteiger partial charge in [0.25, 0.3) is 0 Å². The first-order chi connectivity index (χ1) is 17.1. The molecular weight excluding hydrogens is 464 g/mol. The van der Waals surface area contributed by atoms with Crippen molar-refractivity contribution in [2.24, 2.45) is 11.8 Å². The second-order valence-corrected chi connectivity index (χ2v) is 9.77. The monoisotopic (exact) mass is 502 g/mol. The quantitative estimate of drug-likeness (QED) is 0.401. The minimum Gasteiger partial charge on any atom is -0.445 e. The molecule has 2 rings (SSSR count). The summed E-state index contributed by atoms with van der Waals surface area (Å²) in [6, 6.07) is 7.27. The number of carbonyl (C=O) groups excluding carboxylic acids is 5. The highest BCUT2D eigenvalue weighted by Gasteiger charge is 2.30. The van der Waals surface area contributed by atoms with E-state index >= 15 is 0 Å². The zero-order chi connectivity index (χ0) is 26.7. The van der Waals surface area contributed by atoms with Gasteiger partial charge >= 0.3 is 6.09 Å². The molecule has 2 atom stereocenters. The average Bonchev–Trinajstić information content (AvgIpc) is 3.24. The Morgan fingerprint density at radius 2 is 1.69 bits per heavy atom. The molecule has 10 heteroatoms. The molecule has 3 N–H and O–H groups in total. The number of likely N-dealkylation sites (tertiary alicyclic amines) is 1. The number of alkyl carbamates (subject to hydrolysis) is 1. The van der Waals surface area contributed by atoms with Crippen LogP contribution in [0.25, 0.3) is 0 Å². The van der Waals surface area contributed by atoms with Gasteiger partial charge in [-0.2, -0.15) is 0 Å². The SMILES string of the molecule is CC(C)C[C@H](NC(=O)OCc1ccccc1)C(=O)N[C@H](C(=O)NC(=O)CCN1CCCC1=O)C(C)C. The molecular formula is C26H38N4O6. The van der Waals surface area contributed by atoms with Crippen LogP contribution in [0.5, 0.6) is 0 Å². The molecule has 0 aromatic heterocycles. The van der Waals surface area contributed by atoms with E-state index in [2.05, 4.69) is 16.0 Å².